The van der Waals surface area contributed by atoms with Crippen LogP contribution in [0, 0.1) is 0 Å². The van der Waals surface area contributed by atoms with Crippen LogP contribution in [0.1, 0.15) is 31.5 Å². The number of carboxylic acids is 1. The summed E-state index contributed by atoms with van der Waals surface area (Å²) < 4.78 is 0. The van der Waals surface area contributed by atoms with E-state index in [2.05, 4.69) is 10.6 Å². The predicted octanol–water partition coefficient (Wildman–Crippen LogP) is 10.0. The number of carbonyl (C=O) groups excluding carboxylic acids is 2. The molecule has 0 fully saturated rings. The Morgan fingerprint density at radius 3 is 2.02 bits per heavy atom. The summed E-state index contributed by atoms with van der Waals surface area (Å²) in [5.41, 5.74) is 0.329. The van der Waals surface area contributed by atoms with Crippen molar-refractivity contribution in [2.75, 3.05) is 10.6 Å². The number of anilines is 2. The number of amides is 2. The SMILES string of the molecule is O=C(O)c1c(Cl)c(Cl)c(Cl)c(Cl)c1C(=O)Nc1cccc(SC(C(=O)Nc2cc(Cl)ccc2Cl)c2ccccc2)c1. The Bertz CT molecular complexity index is 1670. The monoisotopic (exact) mass is 686 g/mol. The molecule has 13 heteroatoms. The highest BCUT2D eigenvalue weighted by atomic mass is 35.5. The minimum Gasteiger partial charge on any atom is -0.478 e. The van der Waals surface area contributed by atoms with Gasteiger partial charge in [-0.1, -0.05) is 106 Å². The first kappa shape index (κ1) is 31.3. The van der Waals surface area contributed by atoms with Gasteiger partial charge in [-0.3, -0.25) is 9.59 Å². The van der Waals surface area contributed by atoms with E-state index in [1.54, 1.807) is 42.5 Å². The summed E-state index contributed by atoms with van der Waals surface area (Å²) in [5, 5.41) is 13.8. The third kappa shape index (κ3) is 7.24. The molecule has 0 saturated carbocycles. The van der Waals surface area contributed by atoms with Crippen LogP contribution in [-0.4, -0.2) is 22.9 Å². The fourth-order valence-corrected chi connectivity index (χ4v) is 6.15. The van der Waals surface area contributed by atoms with Crippen LogP contribution in [-0.2, 0) is 4.79 Å². The molecule has 41 heavy (non-hydrogen) atoms. The number of hydrogen-bond donors (Lipinski definition) is 3. The number of hydrogen-bond acceptors (Lipinski definition) is 4. The number of carbonyl (C=O) groups is 3. The second-order valence-electron chi connectivity index (χ2n) is 8.32. The Morgan fingerprint density at radius 1 is 0.707 bits per heavy atom. The van der Waals surface area contributed by atoms with Crippen molar-refractivity contribution in [3.05, 3.63) is 120 Å². The fourth-order valence-electron chi connectivity index (χ4n) is 3.71. The van der Waals surface area contributed by atoms with Gasteiger partial charge in [-0.2, -0.15) is 0 Å². The summed E-state index contributed by atoms with van der Waals surface area (Å²) in [6, 6.07) is 20.4. The number of aromatic carboxylic acids is 1. The van der Waals surface area contributed by atoms with Crippen LogP contribution in [0.3, 0.4) is 0 Å². The Morgan fingerprint density at radius 2 is 1.37 bits per heavy atom. The van der Waals surface area contributed by atoms with Gasteiger partial charge in [0.25, 0.3) is 5.91 Å². The molecule has 1 unspecified atom stereocenters. The molecule has 0 heterocycles. The Balaban J connectivity index is 1.63. The normalized spacial score (nSPS) is 11.6. The summed E-state index contributed by atoms with van der Waals surface area (Å²) >= 11 is 37.9. The molecule has 0 spiro atoms. The summed E-state index contributed by atoms with van der Waals surface area (Å²) in [6.45, 7) is 0. The van der Waals surface area contributed by atoms with E-state index in [9.17, 15) is 19.5 Å². The Kier molecular flexibility index (Phi) is 10.4. The van der Waals surface area contributed by atoms with E-state index in [0.29, 0.717) is 31.9 Å². The maximum Gasteiger partial charge on any atom is 0.338 e. The van der Waals surface area contributed by atoms with E-state index >= 15 is 0 Å². The fraction of sp³-hybridized carbons (Fsp3) is 0.0357. The van der Waals surface area contributed by atoms with Crippen LogP contribution >= 0.6 is 81.4 Å². The minimum absolute atomic E-state index is 0.255. The third-order valence-electron chi connectivity index (χ3n) is 5.58. The van der Waals surface area contributed by atoms with Crippen LogP contribution in [0.4, 0.5) is 11.4 Å². The minimum atomic E-state index is -1.51. The lowest BCUT2D eigenvalue weighted by molar-refractivity contribution is -0.115. The van der Waals surface area contributed by atoms with E-state index in [1.165, 1.54) is 11.8 Å². The number of halogens is 6. The first-order valence-corrected chi connectivity index (χ1v) is 14.6. The van der Waals surface area contributed by atoms with Crippen LogP contribution in [0.15, 0.2) is 77.7 Å². The van der Waals surface area contributed by atoms with Crippen LogP contribution in [0.25, 0.3) is 0 Å². The van der Waals surface area contributed by atoms with Crippen LogP contribution in [0.5, 0.6) is 0 Å². The van der Waals surface area contributed by atoms with Crippen molar-refractivity contribution < 1.29 is 19.5 Å². The molecule has 0 aliphatic heterocycles. The molecule has 210 valence electrons. The van der Waals surface area contributed by atoms with Crippen LogP contribution < -0.4 is 10.6 Å². The molecular formula is C28H16Cl6N2O4S. The molecule has 1 atom stereocenters. The van der Waals surface area contributed by atoms with E-state index in [4.69, 9.17) is 69.6 Å². The first-order chi connectivity index (χ1) is 19.5. The van der Waals surface area contributed by atoms with Gasteiger partial charge >= 0.3 is 5.97 Å². The zero-order valence-corrected chi connectivity index (χ0v) is 25.7. The predicted molar refractivity (Wildman–Crippen MR) is 168 cm³/mol. The molecule has 4 aromatic rings. The van der Waals surface area contributed by atoms with Gasteiger partial charge < -0.3 is 15.7 Å². The summed E-state index contributed by atoms with van der Waals surface area (Å²) in [4.78, 5) is 39.1. The maximum atomic E-state index is 13.4. The average Bonchev–Trinajstić information content (AvgIpc) is 2.94. The van der Waals surface area contributed by atoms with Gasteiger partial charge in [-0.15, -0.1) is 11.8 Å². The molecule has 4 aromatic carbocycles. The topological polar surface area (TPSA) is 95.5 Å². The van der Waals surface area contributed by atoms with E-state index in [-0.39, 0.29) is 21.0 Å². The van der Waals surface area contributed by atoms with Gasteiger partial charge in [0.05, 0.1) is 41.9 Å². The van der Waals surface area contributed by atoms with Gasteiger partial charge in [0, 0.05) is 15.6 Å². The molecule has 0 bridgehead atoms. The smallest absolute Gasteiger partial charge is 0.338 e. The molecule has 0 radical (unpaired) electrons. The average molecular weight is 689 g/mol. The summed E-state index contributed by atoms with van der Waals surface area (Å²) in [7, 11) is 0. The number of nitrogens with one attached hydrogen (secondary N) is 2. The van der Waals surface area contributed by atoms with Crippen molar-refractivity contribution in [3.63, 3.8) is 0 Å². The van der Waals surface area contributed by atoms with Gasteiger partial charge in [-0.25, -0.2) is 4.79 Å². The van der Waals surface area contributed by atoms with Crippen molar-refractivity contribution >= 4 is 111 Å². The second kappa shape index (κ2) is 13.6. The zero-order chi connectivity index (χ0) is 29.8. The number of benzene rings is 4. The maximum absolute atomic E-state index is 13.4. The highest BCUT2D eigenvalue weighted by Gasteiger charge is 2.29. The van der Waals surface area contributed by atoms with Crippen molar-refractivity contribution in [1.29, 1.82) is 0 Å². The molecule has 0 saturated heterocycles. The Labute approximate surface area is 268 Å². The molecule has 2 amide bonds. The molecule has 0 aliphatic rings. The first-order valence-electron chi connectivity index (χ1n) is 11.5. The van der Waals surface area contributed by atoms with Gasteiger partial charge in [0.15, 0.2) is 0 Å². The van der Waals surface area contributed by atoms with Crippen molar-refractivity contribution in [2.24, 2.45) is 0 Å². The number of carboxylic acid groups (broad SMARTS) is 1. The third-order valence-corrected chi connectivity index (χ3v) is 9.20. The second-order valence-corrected chi connectivity index (χ2v) is 11.8. The Hall–Kier alpha value is -2.62. The lowest BCUT2D eigenvalue weighted by Gasteiger charge is -2.18. The number of thioether (sulfide) groups is 1. The van der Waals surface area contributed by atoms with Crippen molar-refractivity contribution in [2.45, 2.75) is 10.1 Å². The van der Waals surface area contributed by atoms with E-state index in [1.807, 2.05) is 30.3 Å². The molecule has 3 N–H and O–H groups in total. The van der Waals surface area contributed by atoms with E-state index < -0.39 is 33.3 Å². The summed E-state index contributed by atoms with van der Waals surface area (Å²) in [5.74, 6) is -2.74. The standard InChI is InChI=1S/C28H16Cl6N2O4S/c29-14-9-10-17(30)18(11-14)36-27(38)25(13-5-2-1-3-6-13)41-16-8-4-7-15(12-16)35-26(37)19-20(28(39)40)22(32)24(34)23(33)21(19)31/h1-12,25H,(H,35,37)(H,36,38)(H,39,40). The quantitative estimate of drug-likeness (QED) is 0.0973. The van der Waals surface area contributed by atoms with Gasteiger partial charge in [0.1, 0.15) is 5.25 Å². The molecule has 6 nitrogen and oxygen atoms in total. The zero-order valence-electron chi connectivity index (χ0n) is 20.4. The summed E-state index contributed by atoms with van der Waals surface area (Å²) in [6.07, 6.45) is 0. The molecule has 4 rings (SSSR count). The van der Waals surface area contributed by atoms with Gasteiger partial charge in [0.2, 0.25) is 5.91 Å². The number of rotatable bonds is 8. The molecule has 0 aromatic heterocycles. The highest BCUT2D eigenvalue weighted by molar-refractivity contribution is 8.00. The van der Waals surface area contributed by atoms with Crippen molar-refractivity contribution in [3.8, 4) is 0 Å². The molecule has 0 aliphatic carbocycles. The van der Waals surface area contributed by atoms with Crippen LogP contribution in [0.2, 0.25) is 30.1 Å². The van der Waals surface area contributed by atoms with Gasteiger partial charge in [-0.05, 0) is 42.0 Å². The lowest BCUT2D eigenvalue weighted by atomic mass is 10.1. The lowest BCUT2D eigenvalue weighted by Crippen LogP contribution is -2.19. The molecular weight excluding hydrogens is 673 g/mol. The van der Waals surface area contributed by atoms with Crippen molar-refractivity contribution in [1.82, 2.24) is 0 Å². The highest BCUT2D eigenvalue weighted by Crippen LogP contribution is 2.42. The van der Waals surface area contributed by atoms with E-state index in [0.717, 1.165) is 0 Å². The largest absolute Gasteiger partial charge is 0.478 e.